The molecule has 1 aliphatic rings. The van der Waals surface area contributed by atoms with E-state index in [1.54, 1.807) is 0 Å². The summed E-state index contributed by atoms with van der Waals surface area (Å²) >= 11 is 0. The van der Waals surface area contributed by atoms with Crippen molar-refractivity contribution >= 4 is 5.78 Å². The number of benzene rings is 1. The largest absolute Gasteiger partial charge is 0.300 e. The monoisotopic (exact) mass is 275 g/mol. The van der Waals surface area contributed by atoms with E-state index in [0.717, 1.165) is 0 Å². The first-order valence-corrected chi connectivity index (χ1v) is 7.22. The smallest absolute Gasteiger partial charge is 0.136 e. The number of hydroxylamine groups is 2. The second kappa shape index (κ2) is 5.30. The van der Waals surface area contributed by atoms with Crippen molar-refractivity contribution in [2.75, 3.05) is 0 Å². The summed E-state index contributed by atoms with van der Waals surface area (Å²) in [5.74, 6) is 0.316. The molecule has 1 heterocycles. The van der Waals surface area contributed by atoms with Crippen molar-refractivity contribution in [1.29, 1.82) is 0 Å². The van der Waals surface area contributed by atoms with E-state index >= 15 is 0 Å². The van der Waals surface area contributed by atoms with Gasteiger partial charge in [-0.15, -0.1) is 0 Å². The van der Waals surface area contributed by atoms with Crippen LogP contribution in [0.3, 0.4) is 0 Å². The summed E-state index contributed by atoms with van der Waals surface area (Å²) < 4.78 is 0. The highest BCUT2D eigenvalue weighted by atomic mass is 16.7. The van der Waals surface area contributed by atoms with E-state index < -0.39 is 0 Å². The lowest BCUT2D eigenvalue weighted by Crippen LogP contribution is -2.60. The molecule has 3 nitrogen and oxygen atoms in total. The summed E-state index contributed by atoms with van der Waals surface area (Å²) in [5, 5.41) is 2.02. The highest BCUT2D eigenvalue weighted by Crippen LogP contribution is 2.37. The minimum absolute atomic E-state index is 0.262. The van der Waals surface area contributed by atoms with Crippen molar-refractivity contribution in [3.63, 3.8) is 0 Å². The van der Waals surface area contributed by atoms with E-state index in [-0.39, 0.29) is 11.1 Å². The van der Waals surface area contributed by atoms with Gasteiger partial charge in [0.1, 0.15) is 5.78 Å². The Morgan fingerprint density at radius 3 is 2.20 bits per heavy atom. The van der Waals surface area contributed by atoms with Gasteiger partial charge in [-0.05, 0) is 45.7 Å². The molecule has 0 amide bonds. The predicted octanol–water partition coefficient (Wildman–Crippen LogP) is 3.65. The van der Waals surface area contributed by atoms with Gasteiger partial charge in [0.2, 0.25) is 0 Å². The van der Waals surface area contributed by atoms with Crippen LogP contribution in [0, 0.1) is 6.92 Å². The third-order valence-electron chi connectivity index (χ3n) is 3.97. The van der Waals surface area contributed by atoms with E-state index in [1.165, 1.54) is 11.1 Å². The molecule has 0 bridgehead atoms. The molecule has 0 atom stereocenters. The number of hydrogen-bond acceptors (Lipinski definition) is 3. The van der Waals surface area contributed by atoms with Gasteiger partial charge in [-0.3, -0.25) is 9.63 Å². The zero-order chi connectivity index (χ0) is 15.0. The fraction of sp³-hybridized carbons (Fsp3) is 0.588. The molecule has 3 heteroatoms. The number of Topliss-reactive ketones (excluding diaryl/α,β-unsaturated/α-hetero) is 1. The number of carbonyl (C=O) groups excluding carboxylic acids is 1. The number of nitrogens with zero attached hydrogens (tertiary/aromatic N) is 1. The summed E-state index contributed by atoms with van der Waals surface area (Å²) in [7, 11) is 0. The number of carbonyl (C=O) groups is 1. The van der Waals surface area contributed by atoms with Gasteiger partial charge < -0.3 is 0 Å². The van der Waals surface area contributed by atoms with Crippen molar-refractivity contribution in [3.8, 4) is 0 Å². The molecule has 1 aromatic carbocycles. The van der Waals surface area contributed by atoms with Crippen molar-refractivity contribution in [2.45, 2.75) is 65.1 Å². The fourth-order valence-electron chi connectivity index (χ4n) is 3.25. The van der Waals surface area contributed by atoms with Gasteiger partial charge in [0.25, 0.3) is 0 Å². The molecule has 0 saturated carbocycles. The first-order valence-electron chi connectivity index (χ1n) is 7.22. The van der Waals surface area contributed by atoms with Gasteiger partial charge in [0.15, 0.2) is 0 Å². The van der Waals surface area contributed by atoms with Crippen LogP contribution in [0.2, 0.25) is 0 Å². The fourth-order valence-corrected chi connectivity index (χ4v) is 3.25. The van der Waals surface area contributed by atoms with Crippen LogP contribution < -0.4 is 0 Å². The molecular weight excluding hydrogens is 250 g/mol. The maximum absolute atomic E-state index is 11.9. The summed E-state index contributed by atoms with van der Waals surface area (Å²) in [6.45, 7) is 10.9. The lowest BCUT2D eigenvalue weighted by Gasteiger charge is -2.50. The Hall–Kier alpha value is -1.19. The van der Waals surface area contributed by atoms with Crippen LogP contribution in [-0.4, -0.2) is 21.9 Å². The van der Waals surface area contributed by atoms with Gasteiger partial charge in [-0.2, -0.15) is 5.06 Å². The van der Waals surface area contributed by atoms with Crippen LogP contribution in [0.25, 0.3) is 0 Å². The Kier molecular flexibility index (Phi) is 4.03. The van der Waals surface area contributed by atoms with Gasteiger partial charge in [-0.1, -0.05) is 24.3 Å². The zero-order valence-electron chi connectivity index (χ0n) is 13.2. The lowest BCUT2D eigenvalue weighted by molar-refractivity contribution is -0.281. The Balaban J connectivity index is 2.14. The second-order valence-corrected chi connectivity index (χ2v) is 7.01. The van der Waals surface area contributed by atoms with E-state index in [4.69, 9.17) is 4.84 Å². The van der Waals surface area contributed by atoms with Crippen molar-refractivity contribution in [1.82, 2.24) is 5.06 Å². The highest BCUT2D eigenvalue weighted by molar-refractivity contribution is 5.81. The van der Waals surface area contributed by atoms with E-state index in [2.05, 4.69) is 46.8 Å². The topological polar surface area (TPSA) is 29.5 Å². The first-order chi connectivity index (χ1) is 9.22. The van der Waals surface area contributed by atoms with Gasteiger partial charge >= 0.3 is 0 Å². The zero-order valence-corrected chi connectivity index (χ0v) is 13.2. The van der Waals surface area contributed by atoms with Crippen LogP contribution in [0.15, 0.2) is 24.3 Å². The molecule has 1 aromatic rings. The summed E-state index contributed by atoms with van der Waals surface area (Å²) in [4.78, 5) is 18.0. The summed E-state index contributed by atoms with van der Waals surface area (Å²) in [6, 6.07) is 8.24. The molecule has 110 valence electrons. The Bertz CT molecular complexity index is 485. The van der Waals surface area contributed by atoms with Crippen LogP contribution in [0.4, 0.5) is 0 Å². The Labute approximate surface area is 121 Å². The minimum atomic E-state index is -0.262. The van der Waals surface area contributed by atoms with Crippen LogP contribution in [-0.2, 0) is 16.2 Å². The number of hydrogen-bond donors (Lipinski definition) is 0. The average molecular weight is 275 g/mol. The lowest BCUT2D eigenvalue weighted by atomic mass is 9.81. The van der Waals surface area contributed by atoms with E-state index in [1.807, 2.05) is 17.2 Å². The van der Waals surface area contributed by atoms with Crippen LogP contribution >= 0.6 is 0 Å². The quantitative estimate of drug-likeness (QED) is 0.843. The third-order valence-corrected chi connectivity index (χ3v) is 3.97. The molecule has 0 radical (unpaired) electrons. The number of ketones is 1. The number of rotatable bonds is 3. The third kappa shape index (κ3) is 3.10. The van der Waals surface area contributed by atoms with Crippen molar-refractivity contribution < 1.29 is 9.63 Å². The molecule has 1 fully saturated rings. The first kappa shape index (κ1) is 15.2. The van der Waals surface area contributed by atoms with Crippen molar-refractivity contribution in [2.24, 2.45) is 0 Å². The minimum Gasteiger partial charge on any atom is -0.300 e. The maximum Gasteiger partial charge on any atom is 0.136 e. The number of aryl methyl sites for hydroxylation is 1. The Morgan fingerprint density at radius 1 is 1.10 bits per heavy atom. The molecule has 0 aliphatic carbocycles. The molecule has 20 heavy (non-hydrogen) atoms. The number of piperidine rings is 1. The molecule has 0 unspecified atom stereocenters. The van der Waals surface area contributed by atoms with E-state index in [0.29, 0.717) is 25.2 Å². The van der Waals surface area contributed by atoms with E-state index in [9.17, 15) is 4.79 Å². The Morgan fingerprint density at radius 2 is 1.65 bits per heavy atom. The van der Waals surface area contributed by atoms with Crippen LogP contribution in [0.5, 0.6) is 0 Å². The predicted molar refractivity (Wildman–Crippen MR) is 80.2 cm³/mol. The van der Waals surface area contributed by atoms with Crippen molar-refractivity contribution in [3.05, 3.63) is 35.4 Å². The molecule has 0 aromatic heterocycles. The summed E-state index contributed by atoms with van der Waals surface area (Å²) in [6.07, 6.45) is 1.09. The average Bonchev–Trinajstić information content (AvgIpc) is 2.27. The molecular formula is C17H25NO2. The molecule has 1 saturated heterocycles. The summed E-state index contributed by atoms with van der Waals surface area (Å²) in [5.41, 5.74) is 1.90. The van der Waals surface area contributed by atoms with Crippen LogP contribution in [0.1, 0.15) is 51.7 Å². The second-order valence-electron chi connectivity index (χ2n) is 7.01. The molecule has 1 aliphatic heterocycles. The molecule has 0 spiro atoms. The van der Waals surface area contributed by atoms with Gasteiger partial charge in [0, 0.05) is 23.9 Å². The maximum atomic E-state index is 11.9. The van der Waals surface area contributed by atoms with Gasteiger partial charge in [-0.25, -0.2) is 0 Å². The normalized spacial score (nSPS) is 21.9. The standard InChI is InChI=1S/C17H25NO2/c1-13-8-6-7-9-14(13)12-20-18-16(2,3)10-15(19)11-17(18,4)5/h6-9H,10-12H2,1-5H3. The van der Waals surface area contributed by atoms with Gasteiger partial charge in [0.05, 0.1) is 6.61 Å². The molecule has 2 rings (SSSR count). The molecule has 0 N–H and O–H groups in total. The highest BCUT2D eigenvalue weighted by Gasteiger charge is 2.46. The SMILES string of the molecule is Cc1ccccc1CON1C(C)(C)CC(=O)CC1(C)C.